The Balaban J connectivity index is 2.88. The van der Waals surface area contributed by atoms with Crippen LogP contribution in [0.15, 0.2) is 12.1 Å². The van der Waals surface area contributed by atoms with Gasteiger partial charge in [0.1, 0.15) is 0 Å². The van der Waals surface area contributed by atoms with Gasteiger partial charge in [-0.25, -0.2) is 13.6 Å². The summed E-state index contributed by atoms with van der Waals surface area (Å²) in [6.45, 7) is -0.817. The van der Waals surface area contributed by atoms with Gasteiger partial charge >= 0.3 is 5.97 Å². The first-order chi connectivity index (χ1) is 6.52. The quantitative estimate of drug-likeness (QED) is 0.763. The molecule has 76 valence electrons. The van der Waals surface area contributed by atoms with Crippen LogP contribution < -0.4 is 4.74 Å². The van der Waals surface area contributed by atoms with Gasteiger partial charge in [0.15, 0.2) is 24.0 Å². The number of hydrogen-bond donors (Lipinski definition) is 1. The summed E-state index contributed by atoms with van der Waals surface area (Å²) in [6.07, 6.45) is 0. The highest BCUT2D eigenvalue weighted by molar-refractivity contribution is 5.68. The number of ether oxygens (including phenoxy) is 1. The summed E-state index contributed by atoms with van der Waals surface area (Å²) >= 11 is 0. The number of hydrogen-bond acceptors (Lipinski definition) is 2. The topological polar surface area (TPSA) is 46.5 Å². The fourth-order valence-corrected chi connectivity index (χ4v) is 0.759. The molecule has 0 bridgehead atoms. The van der Waals surface area contributed by atoms with Gasteiger partial charge in [-0.1, -0.05) is 0 Å². The minimum atomic E-state index is -1.69. The molecule has 0 aliphatic carbocycles. The average molecular weight is 206 g/mol. The van der Waals surface area contributed by atoms with Crippen LogP contribution in [0.3, 0.4) is 0 Å². The monoisotopic (exact) mass is 206 g/mol. The van der Waals surface area contributed by atoms with Crippen LogP contribution in [0.5, 0.6) is 5.75 Å². The van der Waals surface area contributed by atoms with Gasteiger partial charge < -0.3 is 9.84 Å². The summed E-state index contributed by atoms with van der Waals surface area (Å²) in [5, 5.41) is 8.17. The summed E-state index contributed by atoms with van der Waals surface area (Å²) in [6, 6.07) is 1.46. The van der Waals surface area contributed by atoms with Crippen molar-refractivity contribution in [3.05, 3.63) is 29.6 Å². The van der Waals surface area contributed by atoms with Gasteiger partial charge in [0, 0.05) is 0 Å². The second kappa shape index (κ2) is 3.99. The molecule has 0 fully saturated rings. The van der Waals surface area contributed by atoms with Crippen molar-refractivity contribution < 1.29 is 27.8 Å². The zero-order chi connectivity index (χ0) is 10.7. The molecule has 1 N–H and O–H groups in total. The van der Waals surface area contributed by atoms with Crippen molar-refractivity contribution in [1.29, 1.82) is 0 Å². The van der Waals surface area contributed by atoms with Crippen molar-refractivity contribution in [1.82, 2.24) is 0 Å². The third-order valence-electron chi connectivity index (χ3n) is 1.35. The Kier molecular flexibility index (Phi) is 2.95. The van der Waals surface area contributed by atoms with Crippen LogP contribution in [0.25, 0.3) is 0 Å². The molecule has 0 amide bonds. The van der Waals surface area contributed by atoms with E-state index in [0.29, 0.717) is 6.07 Å². The summed E-state index contributed by atoms with van der Waals surface area (Å²) in [7, 11) is 0. The lowest BCUT2D eigenvalue weighted by atomic mass is 10.3. The highest BCUT2D eigenvalue weighted by Gasteiger charge is 2.14. The maximum atomic E-state index is 12.8. The van der Waals surface area contributed by atoms with E-state index in [1.54, 1.807) is 0 Å². The SMILES string of the molecule is O=C(O)COc1ccc(F)c(F)c1F. The lowest BCUT2D eigenvalue weighted by Gasteiger charge is -2.04. The Morgan fingerprint density at radius 2 is 1.93 bits per heavy atom. The fraction of sp³-hybridized carbons (Fsp3) is 0.125. The van der Waals surface area contributed by atoms with E-state index in [2.05, 4.69) is 4.74 Å². The lowest BCUT2D eigenvalue weighted by Crippen LogP contribution is -2.11. The molecular formula is C8H5F3O3. The number of aliphatic carboxylic acids is 1. The van der Waals surface area contributed by atoms with E-state index in [1.165, 1.54) is 0 Å². The van der Waals surface area contributed by atoms with E-state index in [4.69, 9.17) is 5.11 Å². The van der Waals surface area contributed by atoms with Crippen LogP contribution in [0, 0.1) is 17.5 Å². The van der Waals surface area contributed by atoms with E-state index in [9.17, 15) is 18.0 Å². The Morgan fingerprint density at radius 1 is 1.29 bits per heavy atom. The Morgan fingerprint density at radius 3 is 2.50 bits per heavy atom. The summed E-state index contributed by atoms with van der Waals surface area (Å²) in [4.78, 5) is 10.0. The molecule has 0 saturated heterocycles. The Hall–Kier alpha value is -1.72. The van der Waals surface area contributed by atoms with Gasteiger partial charge in [-0.2, -0.15) is 4.39 Å². The number of carbonyl (C=O) groups is 1. The van der Waals surface area contributed by atoms with Gasteiger partial charge in [-0.3, -0.25) is 0 Å². The number of halogens is 3. The molecule has 0 heterocycles. The van der Waals surface area contributed by atoms with Crippen LogP contribution in [-0.4, -0.2) is 17.7 Å². The van der Waals surface area contributed by atoms with E-state index in [-0.39, 0.29) is 0 Å². The van der Waals surface area contributed by atoms with Gasteiger partial charge in [0.25, 0.3) is 0 Å². The zero-order valence-corrected chi connectivity index (χ0v) is 6.76. The predicted molar refractivity (Wildman–Crippen MR) is 39.4 cm³/mol. The molecule has 0 atom stereocenters. The molecule has 3 nitrogen and oxygen atoms in total. The molecule has 0 aliphatic rings. The first-order valence-corrected chi connectivity index (χ1v) is 3.50. The van der Waals surface area contributed by atoms with Crippen molar-refractivity contribution >= 4 is 5.97 Å². The summed E-state index contributed by atoms with van der Waals surface area (Å²) in [5.74, 6) is -6.55. The third kappa shape index (κ3) is 2.15. The molecule has 1 aromatic rings. The van der Waals surface area contributed by atoms with Crippen molar-refractivity contribution in [2.75, 3.05) is 6.61 Å². The average Bonchev–Trinajstić information content (AvgIpc) is 2.13. The lowest BCUT2D eigenvalue weighted by molar-refractivity contribution is -0.139. The molecule has 6 heteroatoms. The first-order valence-electron chi connectivity index (χ1n) is 3.50. The van der Waals surface area contributed by atoms with Crippen LogP contribution in [0.4, 0.5) is 13.2 Å². The van der Waals surface area contributed by atoms with Crippen molar-refractivity contribution in [2.24, 2.45) is 0 Å². The van der Waals surface area contributed by atoms with Crippen LogP contribution in [-0.2, 0) is 4.79 Å². The summed E-state index contributed by atoms with van der Waals surface area (Å²) < 4.78 is 42.0. The van der Waals surface area contributed by atoms with Gasteiger partial charge in [-0.05, 0) is 12.1 Å². The molecule has 14 heavy (non-hydrogen) atoms. The van der Waals surface area contributed by atoms with Crippen LogP contribution in [0.1, 0.15) is 0 Å². The van der Waals surface area contributed by atoms with E-state index in [1.807, 2.05) is 0 Å². The molecule has 1 aromatic carbocycles. The minimum Gasteiger partial charge on any atom is -0.479 e. The van der Waals surface area contributed by atoms with Crippen LogP contribution in [0.2, 0.25) is 0 Å². The Bertz CT molecular complexity index is 365. The summed E-state index contributed by atoms with van der Waals surface area (Å²) in [5.41, 5.74) is 0. The predicted octanol–water partition coefficient (Wildman–Crippen LogP) is 1.57. The molecule has 0 aliphatic heterocycles. The number of rotatable bonds is 3. The molecule has 1 rings (SSSR count). The number of benzene rings is 1. The molecule has 0 spiro atoms. The first kappa shape index (κ1) is 10.4. The smallest absolute Gasteiger partial charge is 0.341 e. The van der Waals surface area contributed by atoms with E-state index in [0.717, 1.165) is 6.07 Å². The normalized spacial score (nSPS) is 9.93. The zero-order valence-electron chi connectivity index (χ0n) is 6.76. The third-order valence-corrected chi connectivity index (χ3v) is 1.35. The molecule has 0 unspecified atom stereocenters. The van der Waals surface area contributed by atoms with Crippen molar-refractivity contribution in [2.45, 2.75) is 0 Å². The Labute approximate surface area is 76.7 Å². The fourth-order valence-electron chi connectivity index (χ4n) is 0.759. The second-order valence-corrected chi connectivity index (χ2v) is 2.36. The molecule has 0 saturated carbocycles. The second-order valence-electron chi connectivity index (χ2n) is 2.36. The largest absolute Gasteiger partial charge is 0.479 e. The van der Waals surface area contributed by atoms with Crippen molar-refractivity contribution in [3.63, 3.8) is 0 Å². The molecule has 0 aromatic heterocycles. The van der Waals surface area contributed by atoms with E-state index >= 15 is 0 Å². The number of carboxylic acids is 1. The number of carboxylic acid groups (broad SMARTS) is 1. The van der Waals surface area contributed by atoms with Gasteiger partial charge in [0.05, 0.1) is 0 Å². The highest BCUT2D eigenvalue weighted by atomic mass is 19.2. The highest BCUT2D eigenvalue weighted by Crippen LogP contribution is 2.21. The maximum Gasteiger partial charge on any atom is 0.341 e. The molecular weight excluding hydrogens is 201 g/mol. The van der Waals surface area contributed by atoms with Gasteiger partial charge in [-0.15, -0.1) is 0 Å². The standard InChI is InChI=1S/C8H5F3O3/c9-4-1-2-5(8(11)7(4)10)14-3-6(12)13/h1-2H,3H2,(H,12,13). The minimum absolute atomic E-state index is 0.633. The maximum absolute atomic E-state index is 12.8. The molecule has 0 radical (unpaired) electrons. The van der Waals surface area contributed by atoms with Crippen LogP contribution >= 0.6 is 0 Å². The van der Waals surface area contributed by atoms with Gasteiger partial charge in [0.2, 0.25) is 5.82 Å². The van der Waals surface area contributed by atoms with E-state index < -0.39 is 35.8 Å². The van der Waals surface area contributed by atoms with Crippen molar-refractivity contribution in [3.8, 4) is 5.75 Å².